The molecule has 2 aromatic rings. The molecule has 0 aliphatic heterocycles. The van der Waals surface area contributed by atoms with Crippen LogP contribution in [0.1, 0.15) is 36.4 Å². The summed E-state index contributed by atoms with van der Waals surface area (Å²) in [6.45, 7) is 3.58. The van der Waals surface area contributed by atoms with Crippen molar-refractivity contribution in [3.63, 3.8) is 0 Å². The van der Waals surface area contributed by atoms with Gasteiger partial charge in [-0.05, 0) is 26.3 Å². The van der Waals surface area contributed by atoms with Gasteiger partial charge in [0.2, 0.25) is 0 Å². The molecule has 2 aromatic heterocycles. The average Bonchev–Trinajstić information content (AvgIpc) is 2.96. The summed E-state index contributed by atoms with van der Waals surface area (Å²) < 4.78 is 0. The molecular formula is C14H16N4O3S. The molecular weight excluding hydrogens is 304 g/mol. The second-order valence-electron chi connectivity index (χ2n) is 5.33. The zero-order chi connectivity index (χ0) is 16.2. The molecule has 0 spiro atoms. The maximum absolute atomic E-state index is 12.2. The SMILES string of the molecule is CC(C)(CCC(=O)O)NC(=O)c1cnc(-c2ncccn2)s1. The molecule has 0 saturated carbocycles. The van der Waals surface area contributed by atoms with Crippen molar-refractivity contribution in [1.82, 2.24) is 20.3 Å². The number of carboxylic acids is 1. The van der Waals surface area contributed by atoms with Gasteiger partial charge in [-0.1, -0.05) is 0 Å². The van der Waals surface area contributed by atoms with Gasteiger partial charge in [-0.25, -0.2) is 15.0 Å². The minimum Gasteiger partial charge on any atom is -0.481 e. The van der Waals surface area contributed by atoms with E-state index in [0.717, 1.165) is 0 Å². The molecule has 0 unspecified atom stereocenters. The first kappa shape index (κ1) is 16.0. The van der Waals surface area contributed by atoms with Crippen LogP contribution in [0.5, 0.6) is 0 Å². The molecule has 8 heteroatoms. The molecule has 0 aliphatic rings. The molecule has 0 aliphatic carbocycles. The molecule has 2 rings (SSSR count). The van der Waals surface area contributed by atoms with E-state index in [1.807, 2.05) is 0 Å². The highest BCUT2D eigenvalue weighted by molar-refractivity contribution is 7.16. The second kappa shape index (κ2) is 6.61. The molecule has 1 amide bonds. The topological polar surface area (TPSA) is 105 Å². The van der Waals surface area contributed by atoms with Crippen molar-refractivity contribution in [3.05, 3.63) is 29.5 Å². The molecule has 0 radical (unpaired) electrons. The summed E-state index contributed by atoms with van der Waals surface area (Å²) in [6.07, 6.45) is 5.04. The molecule has 0 saturated heterocycles. The fourth-order valence-electron chi connectivity index (χ4n) is 1.74. The van der Waals surface area contributed by atoms with Gasteiger partial charge in [0.25, 0.3) is 5.91 Å². The van der Waals surface area contributed by atoms with Crippen LogP contribution < -0.4 is 5.32 Å². The lowest BCUT2D eigenvalue weighted by Gasteiger charge is -2.25. The quantitative estimate of drug-likeness (QED) is 0.843. The Morgan fingerprint density at radius 1 is 1.27 bits per heavy atom. The average molecular weight is 320 g/mol. The van der Waals surface area contributed by atoms with Crippen molar-refractivity contribution in [2.24, 2.45) is 0 Å². The normalized spacial score (nSPS) is 11.2. The second-order valence-corrected chi connectivity index (χ2v) is 6.36. The van der Waals surface area contributed by atoms with Gasteiger partial charge in [-0.3, -0.25) is 9.59 Å². The van der Waals surface area contributed by atoms with E-state index in [-0.39, 0.29) is 12.3 Å². The smallest absolute Gasteiger partial charge is 0.303 e. The molecule has 116 valence electrons. The number of amides is 1. The Morgan fingerprint density at radius 2 is 1.95 bits per heavy atom. The van der Waals surface area contributed by atoms with E-state index in [1.165, 1.54) is 17.5 Å². The van der Waals surface area contributed by atoms with E-state index in [0.29, 0.717) is 22.1 Å². The van der Waals surface area contributed by atoms with E-state index >= 15 is 0 Å². The predicted octanol–water partition coefficient (Wildman–Crippen LogP) is 1.97. The van der Waals surface area contributed by atoms with Crippen molar-refractivity contribution in [2.75, 3.05) is 0 Å². The van der Waals surface area contributed by atoms with E-state index < -0.39 is 11.5 Å². The van der Waals surface area contributed by atoms with Crippen molar-refractivity contribution in [3.8, 4) is 10.8 Å². The molecule has 0 bridgehead atoms. The van der Waals surface area contributed by atoms with Crippen molar-refractivity contribution >= 4 is 23.2 Å². The van der Waals surface area contributed by atoms with Crippen LogP contribution in [0.2, 0.25) is 0 Å². The predicted molar refractivity (Wildman–Crippen MR) is 81.6 cm³/mol. The summed E-state index contributed by atoms with van der Waals surface area (Å²) in [5.74, 6) is -0.699. The number of hydrogen-bond donors (Lipinski definition) is 2. The summed E-state index contributed by atoms with van der Waals surface area (Å²) in [4.78, 5) is 35.6. The van der Waals surface area contributed by atoms with Crippen molar-refractivity contribution < 1.29 is 14.7 Å². The Morgan fingerprint density at radius 3 is 2.59 bits per heavy atom. The van der Waals surface area contributed by atoms with Gasteiger partial charge in [0.05, 0.1) is 6.20 Å². The number of rotatable bonds is 6. The Labute approximate surface area is 131 Å². The summed E-state index contributed by atoms with van der Waals surface area (Å²) >= 11 is 1.19. The van der Waals surface area contributed by atoms with E-state index in [9.17, 15) is 9.59 Å². The summed E-state index contributed by atoms with van der Waals surface area (Å²) in [7, 11) is 0. The highest BCUT2D eigenvalue weighted by Crippen LogP contribution is 2.22. The Balaban J connectivity index is 2.04. The molecule has 2 N–H and O–H groups in total. The third-order valence-electron chi connectivity index (χ3n) is 2.90. The van der Waals surface area contributed by atoms with Crippen molar-refractivity contribution in [1.29, 1.82) is 0 Å². The van der Waals surface area contributed by atoms with Crippen LogP contribution in [0.15, 0.2) is 24.7 Å². The Bertz CT molecular complexity index is 670. The Hall–Kier alpha value is -2.35. The van der Waals surface area contributed by atoms with Gasteiger partial charge in [0.15, 0.2) is 10.8 Å². The third kappa shape index (κ3) is 4.32. The lowest BCUT2D eigenvalue weighted by molar-refractivity contribution is -0.137. The Kier molecular flexibility index (Phi) is 4.81. The molecule has 22 heavy (non-hydrogen) atoms. The minimum atomic E-state index is -0.886. The van der Waals surface area contributed by atoms with E-state index in [1.54, 1.807) is 32.3 Å². The van der Waals surface area contributed by atoms with Crippen LogP contribution >= 0.6 is 11.3 Å². The number of carboxylic acid groups (broad SMARTS) is 1. The molecule has 2 heterocycles. The van der Waals surface area contributed by atoms with Crippen molar-refractivity contribution in [2.45, 2.75) is 32.2 Å². The van der Waals surface area contributed by atoms with Gasteiger partial charge in [0, 0.05) is 24.4 Å². The summed E-state index contributed by atoms with van der Waals surface area (Å²) in [5, 5.41) is 12.1. The zero-order valence-electron chi connectivity index (χ0n) is 12.2. The fraction of sp³-hybridized carbons (Fsp3) is 0.357. The monoisotopic (exact) mass is 320 g/mol. The van der Waals surface area contributed by atoms with Gasteiger partial charge in [0.1, 0.15) is 4.88 Å². The molecule has 0 aromatic carbocycles. The molecule has 7 nitrogen and oxygen atoms in total. The van der Waals surface area contributed by atoms with Crippen LogP contribution in [0, 0.1) is 0 Å². The van der Waals surface area contributed by atoms with Crippen LogP contribution in [0.3, 0.4) is 0 Å². The minimum absolute atomic E-state index is 0.000917. The van der Waals surface area contributed by atoms with Crippen LogP contribution in [0.4, 0.5) is 0 Å². The number of aromatic nitrogens is 3. The number of carbonyl (C=O) groups excluding carboxylic acids is 1. The number of nitrogens with zero attached hydrogens (tertiary/aromatic N) is 3. The van der Waals surface area contributed by atoms with Gasteiger partial charge >= 0.3 is 5.97 Å². The first-order chi connectivity index (χ1) is 10.4. The lowest BCUT2D eigenvalue weighted by Crippen LogP contribution is -2.43. The number of aliphatic carboxylic acids is 1. The first-order valence-corrected chi connectivity index (χ1v) is 7.46. The summed E-state index contributed by atoms with van der Waals surface area (Å²) in [6, 6.07) is 1.70. The number of carbonyl (C=O) groups is 2. The number of hydrogen-bond acceptors (Lipinski definition) is 6. The maximum Gasteiger partial charge on any atom is 0.303 e. The molecule has 0 atom stereocenters. The molecule has 0 fully saturated rings. The highest BCUT2D eigenvalue weighted by Gasteiger charge is 2.23. The third-order valence-corrected chi connectivity index (χ3v) is 3.89. The summed E-state index contributed by atoms with van der Waals surface area (Å²) in [5.41, 5.74) is -0.608. The number of nitrogens with one attached hydrogen (secondary N) is 1. The van der Waals surface area contributed by atoms with Crippen LogP contribution in [0.25, 0.3) is 10.8 Å². The van der Waals surface area contributed by atoms with Crippen LogP contribution in [-0.4, -0.2) is 37.5 Å². The van der Waals surface area contributed by atoms with Crippen LogP contribution in [-0.2, 0) is 4.79 Å². The van der Waals surface area contributed by atoms with Gasteiger partial charge in [-0.15, -0.1) is 11.3 Å². The largest absolute Gasteiger partial charge is 0.481 e. The van der Waals surface area contributed by atoms with E-state index in [4.69, 9.17) is 5.11 Å². The zero-order valence-corrected chi connectivity index (χ0v) is 13.1. The van der Waals surface area contributed by atoms with E-state index in [2.05, 4.69) is 20.3 Å². The first-order valence-electron chi connectivity index (χ1n) is 6.65. The van der Waals surface area contributed by atoms with Gasteiger partial charge in [-0.2, -0.15) is 0 Å². The lowest BCUT2D eigenvalue weighted by atomic mass is 9.98. The maximum atomic E-state index is 12.2. The fourth-order valence-corrected chi connectivity index (χ4v) is 2.50. The highest BCUT2D eigenvalue weighted by atomic mass is 32.1. The van der Waals surface area contributed by atoms with Gasteiger partial charge < -0.3 is 10.4 Å². The standard InChI is InChI=1S/C14H16N4O3S/c1-14(2,5-4-10(19)20)18-12(21)9-8-17-13(22-9)11-15-6-3-7-16-11/h3,6-8H,4-5H2,1-2H3,(H,18,21)(H,19,20). The number of thiazole rings is 1.